The molecule has 1 atom stereocenters. The Balaban J connectivity index is 1.34. The standard InChI is InChI=1S/C21H25N7O/c1-2-14(11-22-8-1)25-21-23-9-7-16(26-21)17-12-24-19-10-18(29-15-5-6-15)20(13-3-4-13)27-28(17)19/h7,9-10,12-15,22H,1-6,8,11H2,(H,23,25,26). The van der Waals surface area contributed by atoms with Crippen molar-refractivity contribution in [3.63, 3.8) is 0 Å². The number of fused-ring (bicyclic) bond motifs is 1. The lowest BCUT2D eigenvalue weighted by Crippen LogP contribution is -2.38. The monoisotopic (exact) mass is 391 g/mol. The summed E-state index contributed by atoms with van der Waals surface area (Å²) in [4.78, 5) is 13.7. The minimum absolute atomic E-state index is 0.357. The van der Waals surface area contributed by atoms with Gasteiger partial charge < -0.3 is 15.4 Å². The van der Waals surface area contributed by atoms with Gasteiger partial charge in [-0.15, -0.1) is 0 Å². The van der Waals surface area contributed by atoms with Crippen molar-refractivity contribution in [2.75, 3.05) is 18.4 Å². The van der Waals surface area contributed by atoms with Crippen molar-refractivity contribution in [3.8, 4) is 17.1 Å². The van der Waals surface area contributed by atoms with Gasteiger partial charge in [0.1, 0.15) is 17.1 Å². The summed E-state index contributed by atoms with van der Waals surface area (Å²) in [6.07, 6.45) is 10.9. The number of ether oxygens (including phenoxy) is 1. The number of hydrogen-bond donors (Lipinski definition) is 2. The van der Waals surface area contributed by atoms with E-state index in [1.165, 1.54) is 19.3 Å². The number of nitrogens with zero attached hydrogens (tertiary/aromatic N) is 5. The highest BCUT2D eigenvalue weighted by Crippen LogP contribution is 2.44. The number of rotatable bonds is 6. The zero-order valence-corrected chi connectivity index (χ0v) is 16.3. The van der Waals surface area contributed by atoms with Crippen LogP contribution in [0.15, 0.2) is 24.5 Å². The van der Waals surface area contributed by atoms with Gasteiger partial charge in [-0.2, -0.15) is 5.10 Å². The molecule has 4 heterocycles. The molecule has 2 N–H and O–H groups in total. The van der Waals surface area contributed by atoms with Crippen LogP contribution in [-0.2, 0) is 0 Å². The van der Waals surface area contributed by atoms with Crippen molar-refractivity contribution in [3.05, 3.63) is 30.2 Å². The molecular formula is C21H25N7O. The molecule has 0 bridgehead atoms. The van der Waals surface area contributed by atoms with Crippen LogP contribution in [0.4, 0.5) is 5.95 Å². The first kappa shape index (κ1) is 17.1. The smallest absolute Gasteiger partial charge is 0.223 e. The molecule has 1 aliphatic heterocycles. The fourth-order valence-electron chi connectivity index (χ4n) is 3.91. The molecule has 6 rings (SSSR count). The SMILES string of the molecule is c1cc(-c2cnc3cc(OC4CC4)c(C4CC4)nn23)nc(NC2CCCNC2)n1. The second-order valence-electron chi connectivity index (χ2n) is 8.35. The Morgan fingerprint density at radius 1 is 1.14 bits per heavy atom. The van der Waals surface area contributed by atoms with Crippen LogP contribution in [0.5, 0.6) is 5.75 Å². The van der Waals surface area contributed by atoms with Crippen LogP contribution >= 0.6 is 0 Å². The lowest BCUT2D eigenvalue weighted by Gasteiger charge is -2.23. The first-order valence-corrected chi connectivity index (χ1v) is 10.7. The van der Waals surface area contributed by atoms with Crippen LogP contribution in [0, 0.1) is 0 Å². The third-order valence-corrected chi connectivity index (χ3v) is 5.81. The van der Waals surface area contributed by atoms with Crippen molar-refractivity contribution in [2.24, 2.45) is 0 Å². The van der Waals surface area contributed by atoms with E-state index in [2.05, 4.69) is 20.6 Å². The number of anilines is 1. The van der Waals surface area contributed by atoms with Crippen LogP contribution in [0.25, 0.3) is 17.0 Å². The molecule has 2 aliphatic carbocycles. The number of imidazole rings is 1. The summed E-state index contributed by atoms with van der Waals surface area (Å²) in [6, 6.07) is 4.32. The average molecular weight is 391 g/mol. The van der Waals surface area contributed by atoms with Gasteiger partial charge in [-0.05, 0) is 51.1 Å². The molecule has 3 fully saturated rings. The summed E-state index contributed by atoms with van der Waals surface area (Å²) in [5, 5.41) is 11.8. The Morgan fingerprint density at radius 3 is 2.86 bits per heavy atom. The minimum atomic E-state index is 0.357. The summed E-state index contributed by atoms with van der Waals surface area (Å²) in [5.41, 5.74) is 3.56. The van der Waals surface area contributed by atoms with Gasteiger partial charge in [0, 0.05) is 30.8 Å². The molecule has 3 aliphatic rings. The van der Waals surface area contributed by atoms with E-state index in [1.54, 1.807) is 6.20 Å². The maximum absolute atomic E-state index is 6.13. The van der Waals surface area contributed by atoms with Gasteiger partial charge in [0.25, 0.3) is 0 Å². The summed E-state index contributed by atoms with van der Waals surface area (Å²) >= 11 is 0. The van der Waals surface area contributed by atoms with Crippen LogP contribution in [0.2, 0.25) is 0 Å². The number of nitrogens with one attached hydrogen (secondary N) is 2. The summed E-state index contributed by atoms with van der Waals surface area (Å²) in [5.74, 6) is 2.07. The van der Waals surface area contributed by atoms with E-state index in [-0.39, 0.29) is 0 Å². The molecule has 1 saturated heterocycles. The van der Waals surface area contributed by atoms with Gasteiger partial charge >= 0.3 is 0 Å². The van der Waals surface area contributed by atoms with E-state index in [9.17, 15) is 0 Å². The zero-order valence-electron chi connectivity index (χ0n) is 16.3. The molecule has 1 unspecified atom stereocenters. The number of aromatic nitrogens is 5. The Bertz CT molecular complexity index is 1030. The molecule has 0 spiro atoms. The van der Waals surface area contributed by atoms with Gasteiger partial charge in [-0.25, -0.2) is 19.5 Å². The predicted octanol–water partition coefficient (Wildman–Crippen LogP) is 2.77. The fraction of sp³-hybridized carbons (Fsp3) is 0.524. The maximum Gasteiger partial charge on any atom is 0.223 e. The van der Waals surface area contributed by atoms with Crippen LogP contribution in [0.1, 0.15) is 50.1 Å². The largest absolute Gasteiger partial charge is 0.488 e. The lowest BCUT2D eigenvalue weighted by atomic mass is 10.1. The highest BCUT2D eigenvalue weighted by Gasteiger charge is 2.33. The average Bonchev–Trinajstić information content (AvgIpc) is 3.67. The Labute approximate surface area is 169 Å². The van der Waals surface area contributed by atoms with E-state index >= 15 is 0 Å². The van der Waals surface area contributed by atoms with Crippen molar-refractivity contribution < 1.29 is 4.74 Å². The Kier molecular flexibility index (Phi) is 4.11. The van der Waals surface area contributed by atoms with Crippen molar-refractivity contribution in [1.82, 2.24) is 29.9 Å². The van der Waals surface area contributed by atoms with Gasteiger partial charge in [0.15, 0.2) is 5.65 Å². The molecule has 2 saturated carbocycles. The highest BCUT2D eigenvalue weighted by atomic mass is 16.5. The quantitative estimate of drug-likeness (QED) is 0.668. The normalized spacial score (nSPS) is 22.0. The molecule has 0 amide bonds. The van der Waals surface area contributed by atoms with Crippen LogP contribution in [0.3, 0.4) is 0 Å². The van der Waals surface area contributed by atoms with E-state index in [1.807, 2.05) is 22.8 Å². The van der Waals surface area contributed by atoms with Crippen molar-refractivity contribution >= 4 is 11.6 Å². The maximum atomic E-state index is 6.13. The first-order chi connectivity index (χ1) is 14.3. The van der Waals surface area contributed by atoms with Crippen LogP contribution in [-0.4, -0.2) is 49.8 Å². The van der Waals surface area contributed by atoms with E-state index < -0.39 is 0 Å². The van der Waals surface area contributed by atoms with E-state index in [0.717, 1.165) is 60.8 Å². The topological polar surface area (TPSA) is 89.3 Å². The van der Waals surface area contributed by atoms with Gasteiger partial charge in [-0.3, -0.25) is 0 Å². The molecule has 8 nitrogen and oxygen atoms in total. The van der Waals surface area contributed by atoms with Crippen LogP contribution < -0.4 is 15.4 Å². The zero-order chi connectivity index (χ0) is 19.2. The predicted molar refractivity (Wildman–Crippen MR) is 109 cm³/mol. The third kappa shape index (κ3) is 3.53. The van der Waals surface area contributed by atoms with Gasteiger partial charge in [0.2, 0.25) is 5.95 Å². The molecule has 0 aromatic carbocycles. The Hall–Kier alpha value is -2.74. The van der Waals surface area contributed by atoms with E-state index in [4.69, 9.17) is 14.8 Å². The molecule has 8 heteroatoms. The third-order valence-electron chi connectivity index (χ3n) is 5.81. The molecule has 3 aromatic heterocycles. The first-order valence-electron chi connectivity index (χ1n) is 10.7. The van der Waals surface area contributed by atoms with Crippen molar-refractivity contribution in [1.29, 1.82) is 0 Å². The van der Waals surface area contributed by atoms with E-state index in [0.29, 0.717) is 24.0 Å². The fourth-order valence-corrected chi connectivity index (χ4v) is 3.91. The van der Waals surface area contributed by atoms with Crippen molar-refractivity contribution in [2.45, 2.75) is 56.6 Å². The minimum Gasteiger partial charge on any atom is -0.488 e. The summed E-state index contributed by atoms with van der Waals surface area (Å²) < 4.78 is 8.03. The number of hydrogen-bond acceptors (Lipinski definition) is 7. The number of piperidine rings is 1. The molecular weight excluding hydrogens is 366 g/mol. The molecule has 3 aromatic rings. The Morgan fingerprint density at radius 2 is 2.07 bits per heavy atom. The molecule has 0 radical (unpaired) electrons. The second-order valence-corrected chi connectivity index (χ2v) is 8.35. The van der Waals surface area contributed by atoms with Gasteiger partial charge in [-0.1, -0.05) is 0 Å². The molecule has 150 valence electrons. The lowest BCUT2D eigenvalue weighted by molar-refractivity contribution is 0.297. The highest BCUT2D eigenvalue weighted by molar-refractivity contribution is 5.61. The molecule has 29 heavy (non-hydrogen) atoms. The second kappa shape index (κ2) is 6.95. The summed E-state index contributed by atoms with van der Waals surface area (Å²) in [6.45, 7) is 2.03. The van der Waals surface area contributed by atoms with Gasteiger partial charge in [0.05, 0.1) is 18.0 Å². The summed E-state index contributed by atoms with van der Waals surface area (Å²) in [7, 11) is 0.